The van der Waals surface area contributed by atoms with Gasteiger partial charge < -0.3 is 15.0 Å². The van der Waals surface area contributed by atoms with E-state index in [0.29, 0.717) is 36.6 Å². The van der Waals surface area contributed by atoms with Crippen molar-refractivity contribution < 1.29 is 14.3 Å². The van der Waals surface area contributed by atoms with Crippen LogP contribution in [0.2, 0.25) is 0 Å². The molecule has 0 fully saturated rings. The first kappa shape index (κ1) is 20.0. The van der Waals surface area contributed by atoms with Crippen molar-refractivity contribution in [2.75, 3.05) is 5.32 Å². The molecule has 160 valence electrons. The second kappa shape index (κ2) is 8.68. The molecule has 0 radical (unpaired) electrons. The van der Waals surface area contributed by atoms with Gasteiger partial charge >= 0.3 is 0 Å². The molecule has 1 aliphatic heterocycles. The Hall–Kier alpha value is -3.91. The van der Waals surface area contributed by atoms with Crippen LogP contribution >= 0.6 is 11.3 Å². The molecule has 2 amide bonds. The zero-order valence-electron chi connectivity index (χ0n) is 17.1. The maximum absolute atomic E-state index is 12.7. The Labute approximate surface area is 188 Å². The second-order valence-corrected chi connectivity index (χ2v) is 8.46. The van der Waals surface area contributed by atoms with E-state index in [1.807, 2.05) is 47.8 Å². The Morgan fingerprint density at radius 2 is 1.78 bits per heavy atom. The van der Waals surface area contributed by atoms with Gasteiger partial charge in [-0.1, -0.05) is 24.3 Å². The van der Waals surface area contributed by atoms with Crippen LogP contribution in [0, 0.1) is 0 Å². The van der Waals surface area contributed by atoms with Crippen molar-refractivity contribution in [3.05, 3.63) is 93.8 Å². The number of nitrogens with one attached hydrogen (secondary N) is 2. The van der Waals surface area contributed by atoms with E-state index in [0.717, 1.165) is 21.9 Å². The number of aromatic nitrogens is 2. The minimum atomic E-state index is -0.270. The fourth-order valence-electron chi connectivity index (χ4n) is 3.57. The maximum atomic E-state index is 12.7. The molecule has 2 aromatic heterocycles. The van der Waals surface area contributed by atoms with Crippen LogP contribution in [0.3, 0.4) is 0 Å². The Morgan fingerprint density at radius 3 is 2.53 bits per heavy atom. The quantitative estimate of drug-likeness (QED) is 0.455. The van der Waals surface area contributed by atoms with Crippen LogP contribution in [0.15, 0.2) is 72.1 Å². The summed E-state index contributed by atoms with van der Waals surface area (Å²) < 4.78 is 5.77. The van der Waals surface area contributed by atoms with E-state index in [1.54, 1.807) is 40.5 Å². The number of benzene rings is 2. The van der Waals surface area contributed by atoms with Gasteiger partial charge in [0.05, 0.1) is 25.2 Å². The smallest absolute Gasteiger partial charge is 0.256 e. The molecule has 0 saturated carbocycles. The van der Waals surface area contributed by atoms with E-state index in [2.05, 4.69) is 15.5 Å². The van der Waals surface area contributed by atoms with Crippen LogP contribution in [-0.2, 0) is 24.3 Å². The van der Waals surface area contributed by atoms with Gasteiger partial charge in [0, 0.05) is 16.0 Å². The monoisotopic (exact) mass is 444 g/mol. The predicted octanol–water partition coefficient (Wildman–Crippen LogP) is 4.60. The van der Waals surface area contributed by atoms with E-state index in [-0.39, 0.29) is 11.8 Å². The highest BCUT2D eigenvalue weighted by atomic mass is 32.1. The third-order valence-electron chi connectivity index (χ3n) is 5.24. The third kappa shape index (κ3) is 4.26. The van der Waals surface area contributed by atoms with Crippen molar-refractivity contribution in [1.82, 2.24) is 15.1 Å². The SMILES string of the molecule is O=C(Nc1n[nH]c2c1CN(C(=O)Cc1cccs1)C2)c1ccc(Oc2ccccc2)cc1. The van der Waals surface area contributed by atoms with Gasteiger partial charge in [0.1, 0.15) is 11.5 Å². The fourth-order valence-corrected chi connectivity index (χ4v) is 4.27. The van der Waals surface area contributed by atoms with Gasteiger partial charge in [-0.05, 0) is 47.8 Å². The molecule has 5 rings (SSSR count). The van der Waals surface area contributed by atoms with Crippen LogP contribution in [0.5, 0.6) is 11.5 Å². The van der Waals surface area contributed by atoms with Crippen molar-refractivity contribution in [3.8, 4) is 11.5 Å². The number of ether oxygens (including phenoxy) is 1. The molecular weight excluding hydrogens is 424 g/mol. The zero-order chi connectivity index (χ0) is 21.9. The number of rotatable bonds is 6. The summed E-state index contributed by atoms with van der Waals surface area (Å²) in [5, 5.41) is 12.0. The van der Waals surface area contributed by atoms with Gasteiger partial charge in [-0.25, -0.2) is 0 Å². The lowest BCUT2D eigenvalue weighted by atomic mass is 10.2. The number of para-hydroxylation sites is 1. The average molecular weight is 445 g/mol. The van der Waals surface area contributed by atoms with Crippen LogP contribution in [0.1, 0.15) is 26.5 Å². The number of hydrogen-bond donors (Lipinski definition) is 2. The zero-order valence-corrected chi connectivity index (χ0v) is 17.9. The van der Waals surface area contributed by atoms with Crippen molar-refractivity contribution >= 4 is 29.0 Å². The number of anilines is 1. The van der Waals surface area contributed by atoms with Gasteiger partial charge in [-0.3, -0.25) is 14.7 Å². The van der Waals surface area contributed by atoms with Crippen LogP contribution < -0.4 is 10.1 Å². The van der Waals surface area contributed by atoms with Gasteiger partial charge in [-0.15, -0.1) is 11.3 Å². The Bertz CT molecular complexity index is 1230. The average Bonchev–Trinajstić information content (AvgIpc) is 3.54. The number of carbonyl (C=O) groups excluding carboxylic acids is 2. The summed E-state index contributed by atoms with van der Waals surface area (Å²) in [6.07, 6.45) is 0.383. The number of carbonyl (C=O) groups is 2. The number of amides is 2. The molecule has 1 aliphatic rings. The minimum Gasteiger partial charge on any atom is -0.457 e. The van der Waals surface area contributed by atoms with E-state index in [1.165, 1.54) is 0 Å². The van der Waals surface area contributed by atoms with Crippen molar-refractivity contribution in [1.29, 1.82) is 0 Å². The standard InChI is InChI=1S/C24H20N4O3S/c29-22(13-19-7-4-12-32-19)28-14-20-21(15-28)26-27-23(20)25-24(30)16-8-10-18(11-9-16)31-17-5-2-1-3-6-17/h1-12H,13-15H2,(H2,25,26,27,30). The molecule has 0 spiro atoms. The Balaban J connectivity index is 1.22. The first-order valence-corrected chi connectivity index (χ1v) is 11.0. The summed E-state index contributed by atoms with van der Waals surface area (Å²) in [6.45, 7) is 0.892. The molecule has 4 aromatic rings. The van der Waals surface area contributed by atoms with Gasteiger partial charge in [-0.2, -0.15) is 5.10 Å². The summed E-state index contributed by atoms with van der Waals surface area (Å²) in [4.78, 5) is 28.1. The number of thiophene rings is 1. The maximum Gasteiger partial charge on any atom is 0.256 e. The highest BCUT2D eigenvalue weighted by Gasteiger charge is 2.29. The molecule has 0 aliphatic carbocycles. The summed E-state index contributed by atoms with van der Waals surface area (Å²) in [5.41, 5.74) is 2.19. The minimum absolute atomic E-state index is 0.0586. The molecule has 7 nitrogen and oxygen atoms in total. The number of aromatic amines is 1. The number of fused-ring (bicyclic) bond motifs is 1. The highest BCUT2D eigenvalue weighted by molar-refractivity contribution is 7.10. The summed E-state index contributed by atoms with van der Waals surface area (Å²) in [6, 6.07) is 20.3. The lowest BCUT2D eigenvalue weighted by Gasteiger charge is -2.15. The second-order valence-electron chi connectivity index (χ2n) is 7.43. The topological polar surface area (TPSA) is 87.3 Å². The van der Waals surface area contributed by atoms with Crippen LogP contribution in [-0.4, -0.2) is 26.9 Å². The Morgan fingerprint density at radius 1 is 1.00 bits per heavy atom. The van der Waals surface area contributed by atoms with Gasteiger partial charge in [0.2, 0.25) is 5.91 Å². The highest BCUT2D eigenvalue weighted by Crippen LogP contribution is 2.28. The summed E-state index contributed by atoms with van der Waals surface area (Å²) in [7, 11) is 0. The van der Waals surface area contributed by atoms with Gasteiger partial charge in [0.25, 0.3) is 5.91 Å². The largest absolute Gasteiger partial charge is 0.457 e. The number of hydrogen-bond acceptors (Lipinski definition) is 5. The lowest BCUT2D eigenvalue weighted by molar-refractivity contribution is -0.131. The van der Waals surface area contributed by atoms with E-state index >= 15 is 0 Å². The third-order valence-corrected chi connectivity index (χ3v) is 6.11. The summed E-state index contributed by atoms with van der Waals surface area (Å²) >= 11 is 1.57. The van der Waals surface area contributed by atoms with E-state index in [9.17, 15) is 9.59 Å². The lowest BCUT2D eigenvalue weighted by Crippen LogP contribution is -2.27. The first-order chi connectivity index (χ1) is 15.7. The fraction of sp³-hybridized carbons (Fsp3) is 0.125. The van der Waals surface area contributed by atoms with Crippen LogP contribution in [0.25, 0.3) is 0 Å². The van der Waals surface area contributed by atoms with E-state index in [4.69, 9.17) is 4.74 Å². The molecule has 3 heterocycles. The van der Waals surface area contributed by atoms with Gasteiger partial charge in [0.15, 0.2) is 5.82 Å². The molecule has 32 heavy (non-hydrogen) atoms. The van der Waals surface area contributed by atoms with Crippen molar-refractivity contribution in [2.45, 2.75) is 19.5 Å². The van der Waals surface area contributed by atoms with Crippen molar-refractivity contribution in [3.63, 3.8) is 0 Å². The normalized spacial score (nSPS) is 12.4. The molecule has 2 aromatic carbocycles. The number of nitrogens with zero attached hydrogens (tertiary/aromatic N) is 2. The Kier molecular flexibility index (Phi) is 5.43. The molecule has 0 bridgehead atoms. The summed E-state index contributed by atoms with van der Waals surface area (Å²) in [5.74, 6) is 1.63. The molecule has 8 heteroatoms. The molecular formula is C24H20N4O3S. The molecule has 0 atom stereocenters. The van der Waals surface area contributed by atoms with Crippen molar-refractivity contribution in [2.24, 2.45) is 0 Å². The predicted molar refractivity (Wildman–Crippen MR) is 122 cm³/mol. The van der Waals surface area contributed by atoms with Crippen LogP contribution in [0.4, 0.5) is 5.82 Å². The first-order valence-electron chi connectivity index (χ1n) is 10.2. The van der Waals surface area contributed by atoms with E-state index < -0.39 is 0 Å². The molecule has 2 N–H and O–H groups in total. The molecule has 0 saturated heterocycles. The number of H-pyrrole nitrogens is 1. The molecule has 0 unspecified atom stereocenters.